The molecule has 3 rings (SSSR count). The summed E-state index contributed by atoms with van der Waals surface area (Å²) < 4.78 is 27.1. The van der Waals surface area contributed by atoms with Gasteiger partial charge in [0.1, 0.15) is 0 Å². The Morgan fingerprint density at radius 1 is 1.22 bits per heavy atom. The molecule has 1 amide bonds. The Morgan fingerprint density at radius 2 is 1.93 bits per heavy atom. The van der Waals surface area contributed by atoms with E-state index in [1.165, 1.54) is 15.6 Å². The van der Waals surface area contributed by atoms with Gasteiger partial charge in [-0.15, -0.1) is 10.2 Å². The highest BCUT2D eigenvalue weighted by Gasteiger charge is 2.25. The summed E-state index contributed by atoms with van der Waals surface area (Å²) in [6.45, 7) is 3.29. The van der Waals surface area contributed by atoms with Crippen molar-refractivity contribution >= 4 is 44.2 Å². The molecular weight excluding hydrogens is 404 g/mol. The Balaban J connectivity index is 1.59. The third kappa shape index (κ3) is 5.50. The summed E-state index contributed by atoms with van der Waals surface area (Å²) >= 11 is 2.96. The van der Waals surface area contributed by atoms with E-state index in [0.717, 1.165) is 29.4 Å². The molecule has 2 aromatic rings. The monoisotopic (exact) mass is 426 g/mol. The molecule has 1 aromatic carbocycles. The van der Waals surface area contributed by atoms with Crippen LogP contribution in [0.5, 0.6) is 0 Å². The number of aromatic nitrogens is 2. The van der Waals surface area contributed by atoms with E-state index < -0.39 is 10.0 Å². The fourth-order valence-corrected chi connectivity index (χ4v) is 5.98. The van der Waals surface area contributed by atoms with Gasteiger partial charge in [-0.1, -0.05) is 42.2 Å². The molecule has 2 heterocycles. The molecule has 0 bridgehead atoms. The lowest BCUT2D eigenvalue weighted by atomic mass is 10.1. The maximum atomic E-state index is 12.4. The number of sulfonamides is 1. The number of hydrogen-bond donors (Lipinski definition) is 1. The van der Waals surface area contributed by atoms with Gasteiger partial charge in [-0.05, 0) is 37.0 Å². The van der Waals surface area contributed by atoms with Crippen LogP contribution in [-0.2, 0) is 15.8 Å². The number of anilines is 1. The molecule has 1 aliphatic heterocycles. The fraction of sp³-hybridized carbons (Fsp3) is 0.471. The molecule has 1 aliphatic rings. The summed E-state index contributed by atoms with van der Waals surface area (Å²) in [5.74, 6) is 0.639. The van der Waals surface area contributed by atoms with E-state index in [-0.39, 0.29) is 11.7 Å². The highest BCUT2D eigenvalue weighted by Crippen LogP contribution is 2.26. The van der Waals surface area contributed by atoms with Crippen molar-refractivity contribution in [3.05, 3.63) is 35.4 Å². The van der Waals surface area contributed by atoms with Crippen LogP contribution in [0.1, 0.15) is 42.1 Å². The first-order chi connectivity index (χ1) is 13.0. The van der Waals surface area contributed by atoms with Crippen LogP contribution in [0.4, 0.5) is 5.13 Å². The highest BCUT2D eigenvalue weighted by atomic mass is 32.2. The molecule has 0 saturated carbocycles. The van der Waals surface area contributed by atoms with Crippen molar-refractivity contribution in [3.63, 3.8) is 0 Å². The van der Waals surface area contributed by atoms with Gasteiger partial charge in [0, 0.05) is 24.4 Å². The van der Waals surface area contributed by atoms with Gasteiger partial charge in [-0.2, -0.15) is 0 Å². The lowest BCUT2D eigenvalue weighted by Crippen LogP contribution is -2.29. The van der Waals surface area contributed by atoms with Crippen LogP contribution in [0, 0.1) is 0 Å². The topological polar surface area (TPSA) is 92.3 Å². The van der Waals surface area contributed by atoms with Gasteiger partial charge in [-0.3, -0.25) is 10.1 Å². The van der Waals surface area contributed by atoms with E-state index in [4.69, 9.17) is 0 Å². The number of carbonyl (C=O) groups excluding carboxylic acids is 1. The summed E-state index contributed by atoms with van der Waals surface area (Å²) in [5, 5.41) is 11.2. The van der Waals surface area contributed by atoms with Gasteiger partial charge in [0.05, 0.1) is 5.75 Å². The molecule has 7 nitrogen and oxygen atoms in total. The van der Waals surface area contributed by atoms with E-state index in [1.807, 2.05) is 0 Å². The molecule has 0 radical (unpaired) electrons. The van der Waals surface area contributed by atoms with Gasteiger partial charge in [0.2, 0.25) is 15.2 Å². The first kappa shape index (κ1) is 20.2. The summed E-state index contributed by atoms with van der Waals surface area (Å²) in [6.07, 6.45) is 2.89. The second-order valence-corrected chi connectivity index (χ2v) is 10.5. The molecular formula is C17H22N4O3S3. The largest absolute Gasteiger partial charge is 0.296 e. The Hall–Kier alpha value is -1.49. The lowest BCUT2D eigenvalue weighted by molar-refractivity contribution is 0.102. The lowest BCUT2D eigenvalue weighted by Gasteiger charge is -2.15. The predicted molar refractivity (Wildman–Crippen MR) is 109 cm³/mol. The van der Waals surface area contributed by atoms with Crippen molar-refractivity contribution in [3.8, 4) is 0 Å². The van der Waals surface area contributed by atoms with Crippen LogP contribution in [0.2, 0.25) is 0 Å². The van der Waals surface area contributed by atoms with Crippen LogP contribution in [0.3, 0.4) is 0 Å². The number of nitrogens with one attached hydrogen (secondary N) is 1. The number of rotatable bonds is 8. The first-order valence-electron chi connectivity index (χ1n) is 8.82. The standard InChI is InChI=1S/C17H22N4O3S3/c1-2-11-25-17-20-19-16(26-17)18-15(22)14-7-5-13(6-8-14)12-27(23,24)21-9-3-4-10-21/h5-8H,2-4,9-12H2,1H3,(H,18,19,22). The van der Waals surface area contributed by atoms with Gasteiger partial charge in [0.25, 0.3) is 5.91 Å². The van der Waals surface area contributed by atoms with Crippen LogP contribution in [0.25, 0.3) is 0 Å². The maximum absolute atomic E-state index is 12.4. The zero-order valence-corrected chi connectivity index (χ0v) is 17.5. The van der Waals surface area contributed by atoms with Gasteiger partial charge in [-0.25, -0.2) is 12.7 Å². The molecule has 0 unspecified atom stereocenters. The molecule has 0 spiro atoms. The molecule has 146 valence electrons. The summed E-state index contributed by atoms with van der Waals surface area (Å²) in [4.78, 5) is 12.3. The zero-order chi connectivity index (χ0) is 19.3. The second kappa shape index (κ2) is 9.13. The minimum Gasteiger partial charge on any atom is -0.296 e. The van der Waals surface area contributed by atoms with Crippen molar-refractivity contribution in [1.29, 1.82) is 0 Å². The SMILES string of the molecule is CCCSc1nnc(NC(=O)c2ccc(CS(=O)(=O)N3CCCC3)cc2)s1. The van der Waals surface area contributed by atoms with Crippen molar-refractivity contribution in [2.75, 3.05) is 24.2 Å². The van der Waals surface area contributed by atoms with E-state index in [2.05, 4.69) is 22.4 Å². The molecule has 0 aliphatic carbocycles. The third-order valence-electron chi connectivity index (χ3n) is 4.08. The summed E-state index contributed by atoms with van der Waals surface area (Å²) in [5.41, 5.74) is 1.13. The van der Waals surface area contributed by atoms with Crippen LogP contribution in [0.15, 0.2) is 28.6 Å². The zero-order valence-electron chi connectivity index (χ0n) is 15.1. The molecule has 1 N–H and O–H groups in total. The Kier molecular flexibility index (Phi) is 6.85. The number of hydrogen-bond acceptors (Lipinski definition) is 7. The van der Waals surface area contributed by atoms with E-state index in [1.54, 1.807) is 36.0 Å². The molecule has 0 atom stereocenters. The van der Waals surface area contributed by atoms with E-state index in [9.17, 15) is 13.2 Å². The molecule has 10 heteroatoms. The third-order valence-corrected chi connectivity index (χ3v) is 8.11. The number of carbonyl (C=O) groups is 1. The van der Waals surface area contributed by atoms with Crippen molar-refractivity contribution in [2.45, 2.75) is 36.3 Å². The van der Waals surface area contributed by atoms with Gasteiger partial charge >= 0.3 is 0 Å². The second-order valence-electron chi connectivity index (χ2n) is 6.24. The van der Waals surface area contributed by atoms with Crippen molar-refractivity contribution in [2.24, 2.45) is 0 Å². The average molecular weight is 427 g/mol. The number of nitrogens with zero attached hydrogens (tertiary/aromatic N) is 3. The van der Waals surface area contributed by atoms with Crippen LogP contribution in [-0.4, -0.2) is 47.7 Å². The quantitative estimate of drug-likeness (QED) is 0.515. The normalized spacial score (nSPS) is 15.1. The Morgan fingerprint density at radius 3 is 2.59 bits per heavy atom. The first-order valence-corrected chi connectivity index (χ1v) is 12.2. The average Bonchev–Trinajstić information content (AvgIpc) is 3.32. The van der Waals surface area contributed by atoms with Gasteiger partial charge in [0.15, 0.2) is 4.34 Å². The molecule has 1 saturated heterocycles. The van der Waals surface area contributed by atoms with Crippen LogP contribution < -0.4 is 5.32 Å². The minimum absolute atomic E-state index is 0.0384. The molecule has 27 heavy (non-hydrogen) atoms. The number of benzene rings is 1. The van der Waals surface area contributed by atoms with Crippen molar-refractivity contribution < 1.29 is 13.2 Å². The van der Waals surface area contributed by atoms with E-state index >= 15 is 0 Å². The predicted octanol–water partition coefficient (Wildman–Crippen LogP) is 3.22. The van der Waals surface area contributed by atoms with Gasteiger partial charge < -0.3 is 0 Å². The summed E-state index contributed by atoms with van der Waals surface area (Å²) in [6, 6.07) is 6.65. The number of thioether (sulfide) groups is 1. The Labute approximate surface area is 167 Å². The molecule has 1 aromatic heterocycles. The minimum atomic E-state index is -3.29. The van der Waals surface area contributed by atoms with E-state index in [0.29, 0.717) is 29.3 Å². The maximum Gasteiger partial charge on any atom is 0.257 e. The highest BCUT2D eigenvalue weighted by molar-refractivity contribution is 8.01. The Bertz CT molecular complexity index is 875. The smallest absolute Gasteiger partial charge is 0.257 e. The van der Waals surface area contributed by atoms with Crippen molar-refractivity contribution in [1.82, 2.24) is 14.5 Å². The fourth-order valence-electron chi connectivity index (χ4n) is 2.70. The number of amides is 1. The summed E-state index contributed by atoms with van der Waals surface area (Å²) in [7, 11) is -3.29. The van der Waals surface area contributed by atoms with Crippen LogP contribution >= 0.6 is 23.1 Å². The molecule has 1 fully saturated rings.